The smallest absolute Gasteiger partial charge is 0.243 e. The van der Waals surface area contributed by atoms with Gasteiger partial charge >= 0.3 is 0 Å². The molecule has 1 heterocycles. The van der Waals surface area contributed by atoms with Crippen LogP contribution in [0, 0.1) is 6.92 Å². The van der Waals surface area contributed by atoms with E-state index in [9.17, 15) is 4.79 Å². The summed E-state index contributed by atoms with van der Waals surface area (Å²) in [4.78, 5) is 15.0. The van der Waals surface area contributed by atoms with E-state index in [0.29, 0.717) is 5.82 Å². The highest BCUT2D eigenvalue weighted by molar-refractivity contribution is 5.87. The number of carbonyl (C=O) groups is 1. The Morgan fingerprint density at radius 3 is 2.92 bits per heavy atom. The standard InChI is InChI=1S/C8H12N4O/c1-4-7(13)9-5(2)8-10-6(3)11-12-8/h4-5H,1H2,2-3H3,(H,9,13)(H,10,11,12)/t5-/m1/s1. The van der Waals surface area contributed by atoms with E-state index in [1.165, 1.54) is 6.08 Å². The van der Waals surface area contributed by atoms with E-state index < -0.39 is 0 Å². The van der Waals surface area contributed by atoms with Gasteiger partial charge in [-0.2, -0.15) is 5.10 Å². The molecule has 13 heavy (non-hydrogen) atoms. The summed E-state index contributed by atoms with van der Waals surface area (Å²) in [5.74, 6) is 1.08. The van der Waals surface area contributed by atoms with Crippen LogP contribution in [0.15, 0.2) is 12.7 Å². The van der Waals surface area contributed by atoms with Gasteiger partial charge in [-0.1, -0.05) is 6.58 Å². The zero-order chi connectivity index (χ0) is 9.84. The number of aryl methyl sites for hydroxylation is 1. The van der Waals surface area contributed by atoms with Crippen LogP contribution < -0.4 is 5.32 Å². The summed E-state index contributed by atoms with van der Waals surface area (Å²) in [7, 11) is 0. The number of aromatic nitrogens is 3. The van der Waals surface area contributed by atoms with Crippen molar-refractivity contribution >= 4 is 5.91 Å². The minimum Gasteiger partial charge on any atom is -0.343 e. The molecule has 1 aromatic rings. The summed E-state index contributed by atoms with van der Waals surface area (Å²) in [6, 6.07) is -0.199. The summed E-state index contributed by atoms with van der Waals surface area (Å²) < 4.78 is 0. The molecule has 0 spiro atoms. The number of H-pyrrole nitrogens is 1. The summed E-state index contributed by atoms with van der Waals surface area (Å²) in [6.45, 7) is 6.97. The van der Waals surface area contributed by atoms with E-state index in [1.54, 1.807) is 6.92 Å². The quantitative estimate of drug-likeness (QED) is 0.664. The van der Waals surface area contributed by atoms with E-state index in [1.807, 2.05) is 6.92 Å². The fourth-order valence-corrected chi connectivity index (χ4v) is 0.891. The maximum Gasteiger partial charge on any atom is 0.243 e. The van der Waals surface area contributed by atoms with Gasteiger partial charge in [-0.25, -0.2) is 4.98 Å². The Balaban J connectivity index is 2.63. The maximum absolute atomic E-state index is 10.9. The van der Waals surface area contributed by atoms with Crippen LogP contribution in [0.2, 0.25) is 0 Å². The molecule has 5 nitrogen and oxygen atoms in total. The number of aromatic amines is 1. The SMILES string of the molecule is C=CC(=O)N[C@H](C)c1n[nH]c(C)n1. The molecule has 0 aromatic carbocycles. The molecule has 70 valence electrons. The topological polar surface area (TPSA) is 70.7 Å². The predicted octanol–water partition coefficient (Wildman–Crippen LogP) is 0.476. The Labute approximate surface area is 76.3 Å². The van der Waals surface area contributed by atoms with Crippen LogP contribution in [0.4, 0.5) is 0 Å². The van der Waals surface area contributed by atoms with E-state index in [0.717, 1.165) is 5.82 Å². The normalized spacial score (nSPS) is 12.2. The highest BCUT2D eigenvalue weighted by atomic mass is 16.1. The molecule has 0 bridgehead atoms. The number of hydrogen-bond donors (Lipinski definition) is 2. The Kier molecular flexibility index (Phi) is 2.79. The second-order valence-corrected chi connectivity index (χ2v) is 2.71. The third-order valence-corrected chi connectivity index (χ3v) is 1.55. The molecule has 1 rings (SSSR count). The summed E-state index contributed by atoms with van der Waals surface area (Å²) in [5, 5.41) is 9.28. The molecule has 5 heteroatoms. The van der Waals surface area contributed by atoms with Crippen molar-refractivity contribution in [2.75, 3.05) is 0 Å². The van der Waals surface area contributed by atoms with Crippen molar-refractivity contribution < 1.29 is 4.79 Å². The van der Waals surface area contributed by atoms with Crippen LogP contribution >= 0.6 is 0 Å². The summed E-state index contributed by atoms with van der Waals surface area (Å²) >= 11 is 0. The zero-order valence-electron chi connectivity index (χ0n) is 7.66. The molecule has 1 atom stereocenters. The van der Waals surface area contributed by atoms with E-state index in [-0.39, 0.29) is 11.9 Å². The van der Waals surface area contributed by atoms with Gasteiger partial charge in [0.15, 0.2) is 5.82 Å². The molecule has 0 aliphatic heterocycles. The first-order valence-corrected chi connectivity index (χ1v) is 3.95. The summed E-state index contributed by atoms with van der Waals surface area (Å²) in [6.07, 6.45) is 1.22. The molecule has 0 aliphatic carbocycles. The van der Waals surface area contributed by atoms with Gasteiger partial charge in [0.25, 0.3) is 0 Å². The van der Waals surface area contributed by atoms with Gasteiger partial charge in [-0.05, 0) is 19.9 Å². The van der Waals surface area contributed by atoms with Gasteiger partial charge in [0.1, 0.15) is 5.82 Å². The molecule has 1 amide bonds. The third kappa shape index (κ3) is 2.40. The highest BCUT2D eigenvalue weighted by Crippen LogP contribution is 2.04. The van der Waals surface area contributed by atoms with Crippen molar-refractivity contribution in [2.45, 2.75) is 19.9 Å². The van der Waals surface area contributed by atoms with Crippen LogP contribution in [-0.4, -0.2) is 21.1 Å². The Morgan fingerprint density at radius 1 is 1.77 bits per heavy atom. The number of hydrogen-bond acceptors (Lipinski definition) is 3. The molecule has 0 saturated carbocycles. The number of nitrogens with one attached hydrogen (secondary N) is 2. The monoisotopic (exact) mass is 180 g/mol. The van der Waals surface area contributed by atoms with Crippen molar-refractivity contribution in [2.24, 2.45) is 0 Å². The maximum atomic E-state index is 10.9. The van der Waals surface area contributed by atoms with Crippen LogP contribution in [-0.2, 0) is 4.79 Å². The molecule has 0 unspecified atom stereocenters. The van der Waals surface area contributed by atoms with Gasteiger partial charge in [0.05, 0.1) is 6.04 Å². The van der Waals surface area contributed by atoms with Gasteiger partial charge in [0, 0.05) is 0 Å². The van der Waals surface area contributed by atoms with Crippen LogP contribution in [0.5, 0.6) is 0 Å². The van der Waals surface area contributed by atoms with Crippen molar-refractivity contribution in [3.8, 4) is 0 Å². The largest absolute Gasteiger partial charge is 0.343 e. The predicted molar refractivity (Wildman–Crippen MR) is 47.9 cm³/mol. The molecule has 0 fully saturated rings. The van der Waals surface area contributed by atoms with Crippen LogP contribution in [0.25, 0.3) is 0 Å². The minimum atomic E-state index is -0.227. The molecular formula is C8H12N4O. The van der Waals surface area contributed by atoms with Gasteiger partial charge in [0.2, 0.25) is 5.91 Å². The number of rotatable bonds is 3. The van der Waals surface area contributed by atoms with Crippen LogP contribution in [0.1, 0.15) is 24.6 Å². The molecular weight excluding hydrogens is 168 g/mol. The molecule has 0 aliphatic rings. The van der Waals surface area contributed by atoms with E-state index >= 15 is 0 Å². The average molecular weight is 180 g/mol. The Bertz CT molecular complexity index is 318. The first-order chi connectivity index (χ1) is 6.13. The lowest BCUT2D eigenvalue weighted by Gasteiger charge is -2.07. The van der Waals surface area contributed by atoms with Crippen molar-refractivity contribution in [3.63, 3.8) is 0 Å². The van der Waals surface area contributed by atoms with E-state index in [4.69, 9.17) is 0 Å². The zero-order valence-corrected chi connectivity index (χ0v) is 7.66. The lowest BCUT2D eigenvalue weighted by atomic mass is 10.3. The Hall–Kier alpha value is -1.65. The molecule has 2 N–H and O–H groups in total. The molecule has 0 saturated heterocycles. The van der Waals surface area contributed by atoms with Crippen molar-refractivity contribution in [1.29, 1.82) is 0 Å². The van der Waals surface area contributed by atoms with Gasteiger partial charge in [-0.15, -0.1) is 0 Å². The number of nitrogens with zero attached hydrogens (tertiary/aromatic N) is 2. The van der Waals surface area contributed by atoms with Gasteiger partial charge in [-0.3, -0.25) is 9.89 Å². The number of carbonyl (C=O) groups excluding carboxylic acids is 1. The third-order valence-electron chi connectivity index (χ3n) is 1.55. The first-order valence-electron chi connectivity index (χ1n) is 3.95. The lowest BCUT2D eigenvalue weighted by Crippen LogP contribution is -2.25. The van der Waals surface area contributed by atoms with Crippen molar-refractivity contribution in [1.82, 2.24) is 20.5 Å². The average Bonchev–Trinajstić information content (AvgIpc) is 2.51. The highest BCUT2D eigenvalue weighted by Gasteiger charge is 2.11. The lowest BCUT2D eigenvalue weighted by molar-refractivity contribution is -0.117. The second kappa shape index (κ2) is 3.84. The molecule has 1 aromatic heterocycles. The fourth-order valence-electron chi connectivity index (χ4n) is 0.891. The van der Waals surface area contributed by atoms with E-state index in [2.05, 4.69) is 27.1 Å². The Morgan fingerprint density at radius 2 is 2.46 bits per heavy atom. The number of amides is 1. The second-order valence-electron chi connectivity index (χ2n) is 2.71. The van der Waals surface area contributed by atoms with Crippen LogP contribution in [0.3, 0.4) is 0 Å². The van der Waals surface area contributed by atoms with Crippen molar-refractivity contribution in [3.05, 3.63) is 24.3 Å². The fraction of sp³-hybridized carbons (Fsp3) is 0.375. The summed E-state index contributed by atoms with van der Waals surface area (Å²) in [5.41, 5.74) is 0. The van der Waals surface area contributed by atoms with Gasteiger partial charge < -0.3 is 5.32 Å². The molecule has 0 radical (unpaired) electrons. The first kappa shape index (κ1) is 9.44. The minimum absolute atomic E-state index is 0.199.